The molecule has 1 heteroatoms. The maximum absolute atomic E-state index is 3.51. The topological polar surface area (TPSA) is 12.0 Å². The zero-order valence-electron chi connectivity index (χ0n) is 9.79. The van der Waals surface area contributed by atoms with Crippen LogP contribution in [0.5, 0.6) is 0 Å². The molecule has 1 unspecified atom stereocenters. The summed E-state index contributed by atoms with van der Waals surface area (Å²) in [7, 11) is 0. The number of nitrogens with one attached hydrogen (secondary N) is 1. The molecule has 1 aromatic rings. The van der Waals surface area contributed by atoms with Gasteiger partial charge in [-0.2, -0.15) is 0 Å². The molecular formula is C14H21N. The normalized spacial score (nSPS) is 17.7. The zero-order valence-corrected chi connectivity index (χ0v) is 9.79. The van der Waals surface area contributed by atoms with Crippen LogP contribution in [-0.4, -0.2) is 6.04 Å². The van der Waals surface area contributed by atoms with Crippen LogP contribution in [0.25, 0.3) is 0 Å². The van der Waals surface area contributed by atoms with Crippen LogP contribution in [0.4, 0.5) is 0 Å². The second kappa shape index (κ2) is 4.80. The monoisotopic (exact) mass is 203 g/mol. The van der Waals surface area contributed by atoms with Crippen molar-refractivity contribution in [1.82, 2.24) is 5.32 Å². The molecule has 1 saturated carbocycles. The molecule has 0 saturated heterocycles. The second-order valence-corrected chi connectivity index (χ2v) is 4.71. The smallest absolute Gasteiger partial charge is 0.0207 e. The average Bonchev–Trinajstić information content (AvgIpc) is 3.10. The Morgan fingerprint density at radius 1 is 1.27 bits per heavy atom. The van der Waals surface area contributed by atoms with Crippen LogP contribution in [0.1, 0.15) is 50.2 Å². The van der Waals surface area contributed by atoms with Gasteiger partial charge in [0.05, 0.1) is 0 Å². The third kappa shape index (κ3) is 3.07. The Morgan fingerprint density at radius 3 is 2.47 bits per heavy atom. The van der Waals surface area contributed by atoms with E-state index in [4.69, 9.17) is 0 Å². The van der Waals surface area contributed by atoms with Gasteiger partial charge in [0.15, 0.2) is 0 Å². The summed E-state index contributed by atoms with van der Waals surface area (Å²) in [4.78, 5) is 0. The molecule has 0 aromatic heterocycles. The Labute approximate surface area is 92.9 Å². The van der Waals surface area contributed by atoms with Crippen LogP contribution in [0, 0.1) is 0 Å². The number of hydrogen-bond acceptors (Lipinski definition) is 1. The first kappa shape index (κ1) is 10.7. The molecule has 1 fully saturated rings. The fourth-order valence-electron chi connectivity index (χ4n) is 1.76. The number of benzene rings is 1. The molecule has 1 atom stereocenters. The van der Waals surface area contributed by atoms with Crippen LogP contribution >= 0.6 is 0 Å². The summed E-state index contributed by atoms with van der Waals surface area (Å²) in [5.74, 6) is 0.876. The molecule has 1 aromatic carbocycles. The van der Waals surface area contributed by atoms with Gasteiger partial charge in [0.25, 0.3) is 0 Å². The van der Waals surface area contributed by atoms with Gasteiger partial charge in [-0.15, -0.1) is 0 Å². The molecule has 1 aliphatic carbocycles. The summed E-state index contributed by atoms with van der Waals surface area (Å²) in [6.07, 6.45) is 3.98. The molecule has 15 heavy (non-hydrogen) atoms. The van der Waals surface area contributed by atoms with Crippen molar-refractivity contribution in [2.45, 2.75) is 51.6 Å². The summed E-state index contributed by atoms with van der Waals surface area (Å²) < 4.78 is 0. The lowest BCUT2D eigenvalue weighted by atomic mass is 10.1. The molecule has 82 valence electrons. The quantitative estimate of drug-likeness (QED) is 0.773. The first-order chi connectivity index (χ1) is 7.29. The minimum absolute atomic E-state index is 0.619. The van der Waals surface area contributed by atoms with Crippen LogP contribution in [0.15, 0.2) is 24.3 Å². The largest absolute Gasteiger partial charge is 0.310 e. The predicted molar refractivity (Wildman–Crippen MR) is 65.0 cm³/mol. The molecule has 0 bridgehead atoms. The van der Waals surface area contributed by atoms with Crippen molar-refractivity contribution in [2.75, 3.05) is 0 Å². The number of rotatable bonds is 5. The fourth-order valence-corrected chi connectivity index (χ4v) is 1.76. The molecule has 0 aliphatic heterocycles. The minimum Gasteiger partial charge on any atom is -0.310 e. The molecule has 1 N–H and O–H groups in total. The summed E-state index contributed by atoms with van der Waals surface area (Å²) in [5, 5.41) is 3.51. The van der Waals surface area contributed by atoms with Gasteiger partial charge < -0.3 is 5.32 Å². The van der Waals surface area contributed by atoms with E-state index in [0.717, 1.165) is 12.5 Å². The third-order valence-corrected chi connectivity index (χ3v) is 3.30. The van der Waals surface area contributed by atoms with Crippen molar-refractivity contribution in [1.29, 1.82) is 0 Å². The van der Waals surface area contributed by atoms with E-state index in [1.54, 1.807) is 0 Å². The Balaban J connectivity index is 1.86. The summed E-state index contributed by atoms with van der Waals surface area (Å²) in [6, 6.07) is 9.75. The molecule has 2 rings (SSSR count). The van der Waals surface area contributed by atoms with Gasteiger partial charge in [0, 0.05) is 12.6 Å². The van der Waals surface area contributed by atoms with E-state index < -0.39 is 0 Å². The van der Waals surface area contributed by atoms with E-state index in [1.807, 2.05) is 0 Å². The molecule has 1 aliphatic rings. The SMILES string of the molecule is CCC(C)NCc1ccc(C2CC2)cc1. The highest BCUT2D eigenvalue weighted by atomic mass is 14.9. The third-order valence-electron chi connectivity index (χ3n) is 3.30. The van der Waals surface area contributed by atoms with Crippen molar-refractivity contribution in [3.8, 4) is 0 Å². The highest BCUT2D eigenvalue weighted by molar-refractivity contribution is 5.27. The highest BCUT2D eigenvalue weighted by Crippen LogP contribution is 2.39. The Morgan fingerprint density at radius 2 is 1.93 bits per heavy atom. The first-order valence-electron chi connectivity index (χ1n) is 6.12. The molecule has 0 spiro atoms. The van der Waals surface area contributed by atoms with E-state index in [-0.39, 0.29) is 0 Å². The van der Waals surface area contributed by atoms with Crippen molar-refractivity contribution < 1.29 is 0 Å². The van der Waals surface area contributed by atoms with Crippen LogP contribution in [0.2, 0.25) is 0 Å². The Kier molecular flexibility index (Phi) is 3.42. The summed E-state index contributed by atoms with van der Waals surface area (Å²) >= 11 is 0. The molecular weight excluding hydrogens is 182 g/mol. The van der Waals surface area contributed by atoms with Crippen molar-refractivity contribution in [3.05, 3.63) is 35.4 Å². The molecule has 0 heterocycles. The van der Waals surface area contributed by atoms with Crippen LogP contribution in [-0.2, 0) is 6.54 Å². The van der Waals surface area contributed by atoms with Crippen molar-refractivity contribution in [2.24, 2.45) is 0 Å². The number of hydrogen-bond donors (Lipinski definition) is 1. The maximum atomic E-state index is 3.51. The van der Waals surface area contributed by atoms with E-state index in [1.165, 1.54) is 30.4 Å². The summed E-state index contributed by atoms with van der Waals surface area (Å²) in [6.45, 7) is 5.45. The van der Waals surface area contributed by atoms with Crippen LogP contribution in [0.3, 0.4) is 0 Å². The Bertz CT molecular complexity index is 298. The maximum Gasteiger partial charge on any atom is 0.0207 e. The lowest BCUT2D eigenvalue weighted by Gasteiger charge is -2.11. The average molecular weight is 203 g/mol. The van der Waals surface area contributed by atoms with Gasteiger partial charge in [-0.3, -0.25) is 0 Å². The van der Waals surface area contributed by atoms with Crippen molar-refractivity contribution >= 4 is 0 Å². The van der Waals surface area contributed by atoms with Gasteiger partial charge in [0.2, 0.25) is 0 Å². The van der Waals surface area contributed by atoms with Gasteiger partial charge in [-0.25, -0.2) is 0 Å². The van der Waals surface area contributed by atoms with E-state index in [0.29, 0.717) is 6.04 Å². The van der Waals surface area contributed by atoms with Gasteiger partial charge in [0.1, 0.15) is 0 Å². The fraction of sp³-hybridized carbons (Fsp3) is 0.571. The van der Waals surface area contributed by atoms with E-state index in [9.17, 15) is 0 Å². The molecule has 0 radical (unpaired) electrons. The standard InChI is InChI=1S/C14H21N/c1-3-11(2)15-10-12-4-6-13(7-5-12)14-8-9-14/h4-7,11,14-15H,3,8-10H2,1-2H3. The second-order valence-electron chi connectivity index (χ2n) is 4.71. The summed E-state index contributed by atoms with van der Waals surface area (Å²) in [5.41, 5.74) is 2.93. The van der Waals surface area contributed by atoms with Gasteiger partial charge in [-0.05, 0) is 43.2 Å². The van der Waals surface area contributed by atoms with E-state index in [2.05, 4.69) is 43.4 Å². The highest BCUT2D eigenvalue weighted by Gasteiger charge is 2.22. The molecule has 0 amide bonds. The van der Waals surface area contributed by atoms with Crippen molar-refractivity contribution in [3.63, 3.8) is 0 Å². The first-order valence-corrected chi connectivity index (χ1v) is 6.12. The minimum atomic E-state index is 0.619. The zero-order chi connectivity index (χ0) is 10.7. The van der Waals surface area contributed by atoms with Gasteiger partial charge >= 0.3 is 0 Å². The molecule has 1 nitrogen and oxygen atoms in total. The van der Waals surface area contributed by atoms with Crippen LogP contribution < -0.4 is 5.32 Å². The predicted octanol–water partition coefficient (Wildman–Crippen LogP) is 3.45. The van der Waals surface area contributed by atoms with E-state index >= 15 is 0 Å². The van der Waals surface area contributed by atoms with Gasteiger partial charge in [-0.1, -0.05) is 31.2 Å². The Hall–Kier alpha value is -0.820. The lowest BCUT2D eigenvalue weighted by Crippen LogP contribution is -2.24. The lowest BCUT2D eigenvalue weighted by molar-refractivity contribution is 0.534.